The lowest BCUT2D eigenvalue weighted by Crippen LogP contribution is -2.52. The van der Waals surface area contributed by atoms with Gasteiger partial charge in [0, 0.05) is 31.5 Å². The Balaban J connectivity index is 1.70. The molecule has 6 N–H and O–H groups in total. The molecule has 2 rings (SSSR count). The van der Waals surface area contributed by atoms with E-state index in [0.29, 0.717) is 19.3 Å². The van der Waals surface area contributed by atoms with Gasteiger partial charge in [-0.15, -0.1) is 0 Å². The molecule has 1 heterocycles. The molecular formula is C29H38N6O10. The summed E-state index contributed by atoms with van der Waals surface area (Å²) in [5, 5.41) is 20.8. The van der Waals surface area contributed by atoms with Crippen molar-refractivity contribution in [1.82, 2.24) is 31.5 Å². The fraction of sp³-hybridized carbons (Fsp3) is 0.448. The molecule has 0 spiro atoms. The molecule has 0 fully saturated rings. The van der Waals surface area contributed by atoms with Crippen LogP contribution in [0.3, 0.4) is 0 Å². The number of nitrogens with zero attached hydrogens (tertiary/aromatic N) is 1. The quantitative estimate of drug-likeness (QED) is 0.0533. The Kier molecular flexibility index (Phi) is 15.4. The van der Waals surface area contributed by atoms with E-state index in [1.807, 2.05) is 0 Å². The highest BCUT2D eigenvalue weighted by Gasteiger charge is 2.23. The molecule has 7 amide bonds. The number of imide groups is 1. The number of amides is 7. The van der Waals surface area contributed by atoms with Crippen LogP contribution in [0, 0.1) is 0 Å². The Morgan fingerprint density at radius 2 is 1.38 bits per heavy atom. The largest absolute Gasteiger partial charge is 0.479 e. The van der Waals surface area contributed by atoms with Crippen LogP contribution in [0.1, 0.15) is 38.2 Å². The fourth-order valence-corrected chi connectivity index (χ4v) is 3.87. The second-order valence-corrected chi connectivity index (χ2v) is 9.94. The topological polar surface area (TPSA) is 229 Å². The van der Waals surface area contributed by atoms with E-state index in [2.05, 4.69) is 26.6 Å². The zero-order valence-corrected chi connectivity index (χ0v) is 24.8. The molecule has 0 saturated heterocycles. The van der Waals surface area contributed by atoms with E-state index in [-0.39, 0.29) is 50.4 Å². The number of unbranched alkanes of at least 4 members (excludes halogenated alkanes) is 2. The lowest BCUT2D eigenvalue weighted by atomic mass is 10.1. The lowest BCUT2D eigenvalue weighted by molar-refractivity contribution is -0.150. The van der Waals surface area contributed by atoms with E-state index < -0.39 is 54.8 Å². The lowest BCUT2D eigenvalue weighted by Gasteiger charge is -2.19. The van der Waals surface area contributed by atoms with Gasteiger partial charge < -0.3 is 36.4 Å². The normalized spacial score (nSPS) is 13.5. The maximum absolute atomic E-state index is 12.8. The highest BCUT2D eigenvalue weighted by molar-refractivity contribution is 6.12. The zero-order chi connectivity index (χ0) is 33.2. The summed E-state index contributed by atoms with van der Waals surface area (Å²) in [7, 11) is 0. The maximum atomic E-state index is 12.8. The molecule has 0 aliphatic carbocycles. The first kappa shape index (κ1) is 36.1. The molecule has 2 atom stereocenters. The smallest absolute Gasteiger partial charge is 0.332 e. The molecule has 244 valence electrons. The van der Waals surface area contributed by atoms with Crippen molar-refractivity contribution in [1.29, 1.82) is 0 Å². The van der Waals surface area contributed by atoms with Crippen LogP contribution >= 0.6 is 0 Å². The number of carbonyl (C=O) groups excluding carboxylic acids is 7. The molecule has 45 heavy (non-hydrogen) atoms. The van der Waals surface area contributed by atoms with Gasteiger partial charge in [-0.2, -0.15) is 0 Å². The van der Waals surface area contributed by atoms with Gasteiger partial charge in [-0.05, 0) is 25.3 Å². The number of benzene rings is 1. The van der Waals surface area contributed by atoms with Crippen molar-refractivity contribution in [2.75, 3.05) is 32.9 Å². The number of hydrogen-bond acceptors (Lipinski definition) is 9. The van der Waals surface area contributed by atoms with Crippen LogP contribution in [0.25, 0.3) is 0 Å². The first-order valence-corrected chi connectivity index (χ1v) is 14.2. The third-order valence-electron chi connectivity index (χ3n) is 6.39. The molecule has 16 heteroatoms. The van der Waals surface area contributed by atoms with Gasteiger partial charge in [0.05, 0.1) is 19.6 Å². The summed E-state index contributed by atoms with van der Waals surface area (Å²) in [6, 6.07) is 7.69. The summed E-state index contributed by atoms with van der Waals surface area (Å²) in [5.41, 5.74) is 0.722. The average molecular weight is 631 g/mol. The molecule has 0 aromatic heterocycles. The van der Waals surface area contributed by atoms with Crippen molar-refractivity contribution >= 4 is 47.3 Å². The SMILES string of the molecule is CC(OCNC(=O)CNC(=O)[C@H](Cc1ccccc1)NC(=O)CNC(=O)CNC(=O)CCCCCN1C(=O)C=CC1=O)C(=O)O. The van der Waals surface area contributed by atoms with Crippen molar-refractivity contribution < 1.29 is 48.2 Å². The number of rotatable bonds is 20. The predicted molar refractivity (Wildman–Crippen MR) is 157 cm³/mol. The van der Waals surface area contributed by atoms with Gasteiger partial charge in [0.25, 0.3) is 11.8 Å². The van der Waals surface area contributed by atoms with Crippen LogP contribution in [-0.2, 0) is 49.5 Å². The van der Waals surface area contributed by atoms with Crippen LogP contribution in [0.2, 0.25) is 0 Å². The Hall–Kier alpha value is -5.12. The number of carboxylic acid groups (broad SMARTS) is 1. The molecule has 16 nitrogen and oxygen atoms in total. The highest BCUT2D eigenvalue weighted by Crippen LogP contribution is 2.08. The average Bonchev–Trinajstić information content (AvgIpc) is 3.33. The summed E-state index contributed by atoms with van der Waals surface area (Å²) in [5.74, 6) is -4.92. The third kappa shape index (κ3) is 14.3. The first-order chi connectivity index (χ1) is 21.5. The minimum Gasteiger partial charge on any atom is -0.479 e. The van der Waals surface area contributed by atoms with Gasteiger partial charge in [-0.25, -0.2) is 4.79 Å². The van der Waals surface area contributed by atoms with Crippen LogP contribution in [0.5, 0.6) is 0 Å². The van der Waals surface area contributed by atoms with Crippen molar-refractivity contribution in [2.24, 2.45) is 0 Å². The monoisotopic (exact) mass is 630 g/mol. The van der Waals surface area contributed by atoms with Crippen molar-refractivity contribution in [3.63, 3.8) is 0 Å². The number of carboxylic acids is 1. The van der Waals surface area contributed by atoms with E-state index in [1.54, 1.807) is 30.3 Å². The van der Waals surface area contributed by atoms with Crippen LogP contribution in [0.15, 0.2) is 42.5 Å². The van der Waals surface area contributed by atoms with Crippen LogP contribution < -0.4 is 26.6 Å². The predicted octanol–water partition coefficient (Wildman–Crippen LogP) is -1.89. The van der Waals surface area contributed by atoms with Gasteiger partial charge in [0.1, 0.15) is 12.8 Å². The van der Waals surface area contributed by atoms with E-state index in [1.165, 1.54) is 19.1 Å². The highest BCUT2D eigenvalue weighted by atomic mass is 16.5. The molecular weight excluding hydrogens is 592 g/mol. The van der Waals surface area contributed by atoms with Crippen molar-refractivity contribution in [3.05, 3.63) is 48.0 Å². The third-order valence-corrected chi connectivity index (χ3v) is 6.39. The molecule has 0 radical (unpaired) electrons. The van der Waals surface area contributed by atoms with Gasteiger partial charge >= 0.3 is 5.97 Å². The standard InChI is InChI=1S/C29H38N6O10/c1-19(29(43)44)45-18-33-24(38)16-32-28(42)21(14-20-8-4-2-5-9-20)34-25(39)17-31-23(37)15-30-22(36)10-6-3-7-13-35-26(40)11-12-27(35)41/h2,4-5,8-9,11-12,19,21H,3,6-7,10,13-18H2,1H3,(H,30,36)(H,31,37)(H,32,42)(H,33,38)(H,34,39)(H,43,44)/t19?,21-/m0/s1. The maximum Gasteiger partial charge on any atom is 0.332 e. The second-order valence-electron chi connectivity index (χ2n) is 9.94. The number of hydrogen-bond donors (Lipinski definition) is 6. The van der Waals surface area contributed by atoms with Gasteiger partial charge in [-0.1, -0.05) is 36.8 Å². The van der Waals surface area contributed by atoms with Crippen LogP contribution in [0.4, 0.5) is 0 Å². The molecule has 0 saturated carbocycles. The number of nitrogens with one attached hydrogen (secondary N) is 5. The summed E-state index contributed by atoms with van der Waals surface area (Å²) in [6.07, 6.45) is 3.14. The summed E-state index contributed by atoms with van der Waals surface area (Å²) in [4.78, 5) is 96.4. The Morgan fingerprint density at radius 1 is 0.778 bits per heavy atom. The summed E-state index contributed by atoms with van der Waals surface area (Å²) in [6.45, 7) is -0.124. The van der Waals surface area contributed by atoms with Gasteiger partial charge in [0.2, 0.25) is 29.5 Å². The zero-order valence-electron chi connectivity index (χ0n) is 24.8. The first-order valence-electron chi connectivity index (χ1n) is 14.2. The van der Waals surface area contributed by atoms with Gasteiger partial charge in [0.15, 0.2) is 6.10 Å². The molecule has 1 unspecified atom stereocenters. The second kappa shape index (κ2) is 19.2. The number of carbonyl (C=O) groups is 8. The molecule has 1 aromatic rings. The minimum atomic E-state index is -1.20. The fourth-order valence-electron chi connectivity index (χ4n) is 3.87. The Morgan fingerprint density at radius 3 is 2.04 bits per heavy atom. The van der Waals surface area contributed by atoms with Crippen LogP contribution in [-0.4, -0.2) is 102 Å². The minimum absolute atomic E-state index is 0.0881. The molecule has 1 aliphatic rings. The van der Waals surface area contributed by atoms with Crippen molar-refractivity contribution in [2.45, 2.75) is 51.2 Å². The Labute approximate surface area is 259 Å². The van der Waals surface area contributed by atoms with E-state index in [9.17, 15) is 38.4 Å². The summed E-state index contributed by atoms with van der Waals surface area (Å²) < 4.78 is 4.90. The summed E-state index contributed by atoms with van der Waals surface area (Å²) >= 11 is 0. The molecule has 1 aromatic carbocycles. The molecule has 1 aliphatic heterocycles. The number of ether oxygens (including phenoxy) is 1. The van der Waals surface area contributed by atoms with E-state index >= 15 is 0 Å². The van der Waals surface area contributed by atoms with Crippen molar-refractivity contribution in [3.8, 4) is 0 Å². The molecule has 0 bridgehead atoms. The van der Waals surface area contributed by atoms with E-state index in [0.717, 1.165) is 10.5 Å². The number of aliphatic carboxylic acids is 1. The van der Waals surface area contributed by atoms with Gasteiger partial charge in [-0.3, -0.25) is 38.5 Å². The Bertz CT molecular complexity index is 1250. The van der Waals surface area contributed by atoms with E-state index in [4.69, 9.17) is 9.84 Å².